The van der Waals surface area contributed by atoms with Gasteiger partial charge in [-0.3, -0.25) is 4.79 Å². The number of nitrogens with two attached hydrogens (primary N) is 1. The van der Waals surface area contributed by atoms with Crippen LogP contribution in [-0.2, 0) is 0 Å². The molecule has 4 heteroatoms. The predicted molar refractivity (Wildman–Crippen MR) is 113 cm³/mol. The monoisotopic (exact) mass is 367 g/mol. The molecular formula is C23H33N3O. The summed E-state index contributed by atoms with van der Waals surface area (Å²) in [4.78, 5) is 14.5. The molecular weight excluding hydrogens is 334 g/mol. The second kappa shape index (κ2) is 10.0. The van der Waals surface area contributed by atoms with Gasteiger partial charge in [0.05, 0.1) is 5.70 Å². The maximum atomic E-state index is 12.1. The zero-order chi connectivity index (χ0) is 19.8. The van der Waals surface area contributed by atoms with Gasteiger partial charge in [-0.25, -0.2) is 0 Å². The molecule has 1 aromatic carbocycles. The molecule has 0 bridgehead atoms. The van der Waals surface area contributed by atoms with Crippen LogP contribution in [0.3, 0.4) is 0 Å². The van der Waals surface area contributed by atoms with E-state index >= 15 is 0 Å². The summed E-state index contributed by atoms with van der Waals surface area (Å²) in [5.41, 5.74) is 10.9. The molecule has 27 heavy (non-hydrogen) atoms. The normalized spacial score (nSPS) is 16.8. The Morgan fingerprint density at radius 3 is 2.56 bits per heavy atom. The van der Waals surface area contributed by atoms with E-state index in [0.717, 1.165) is 47.6 Å². The number of nitrogens with one attached hydrogen (secondary N) is 1. The lowest BCUT2D eigenvalue weighted by molar-refractivity contribution is 0.0961. The van der Waals surface area contributed by atoms with Crippen LogP contribution in [0.5, 0.6) is 0 Å². The molecule has 1 aliphatic heterocycles. The second-order valence-corrected chi connectivity index (χ2v) is 7.38. The van der Waals surface area contributed by atoms with Crippen molar-refractivity contribution in [1.29, 1.82) is 0 Å². The fraction of sp³-hybridized carbons (Fsp3) is 0.435. The van der Waals surface area contributed by atoms with Crippen LogP contribution < -0.4 is 11.1 Å². The van der Waals surface area contributed by atoms with Crippen molar-refractivity contribution in [2.45, 2.75) is 45.4 Å². The zero-order valence-electron chi connectivity index (χ0n) is 16.9. The van der Waals surface area contributed by atoms with Crippen molar-refractivity contribution in [3.05, 3.63) is 71.1 Å². The van der Waals surface area contributed by atoms with Crippen molar-refractivity contribution in [1.82, 2.24) is 10.2 Å². The van der Waals surface area contributed by atoms with E-state index in [9.17, 15) is 4.79 Å². The highest BCUT2D eigenvalue weighted by atomic mass is 16.1. The average molecular weight is 368 g/mol. The summed E-state index contributed by atoms with van der Waals surface area (Å²) in [5, 5.41) is 2.72. The molecule has 1 heterocycles. The zero-order valence-corrected chi connectivity index (χ0v) is 16.9. The van der Waals surface area contributed by atoms with Gasteiger partial charge in [0, 0.05) is 31.4 Å². The quantitative estimate of drug-likeness (QED) is 0.705. The third kappa shape index (κ3) is 5.75. The highest BCUT2D eigenvalue weighted by molar-refractivity contribution is 5.95. The van der Waals surface area contributed by atoms with Crippen LogP contribution >= 0.6 is 0 Å². The Morgan fingerprint density at radius 1 is 1.26 bits per heavy atom. The van der Waals surface area contributed by atoms with E-state index in [2.05, 4.69) is 35.9 Å². The van der Waals surface area contributed by atoms with Gasteiger partial charge in [-0.05, 0) is 56.2 Å². The summed E-state index contributed by atoms with van der Waals surface area (Å²) in [6.07, 6.45) is 8.70. The minimum atomic E-state index is -0.0484. The Bertz CT molecular complexity index is 723. The number of nitrogens with zero attached hydrogens (tertiary/aromatic N) is 1. The van der Waals surface area contributed by atoms with Gasteiger partial charge in [-0.15, -0.1) is 0 Å². The van der Waals surface area contributed by atoms with Crippen molar-refractivity contribution in [2.75, 3.05) is 20.1 Å². The number of rotatable bonds is 7. The maximum Gasteiger partial charge on any atom is 0.251 e. The van der Waals surface area contributed by atoms with Crippen LogP contribution in [0.1, 0.15) is 61.4 Å². The molecule has 1 saturated heterocycles. The first-order valence-corrected chi connectivity index (χ1v) is 9.82. The van der Waals surface area contributed by atoms with Crippen LogP contribution in [0.4, 0.5) is 0 Å². The van der Waals surface area contributed by atoms with Gasteiger partial charge >= 0.3 is 0 Å². The minimum Gasteiger partial charge on any atom is -0.401 e. The molecule has 1 amide bonds. The van der Waals surface area contributed by atoms with Crippen LogP contribution in [0, 0.1) is 0 Å². The van der Waals surface area contributed by atoms with Crippen molar-refractivity contribution >= 4 is 5.91 Å². The lowest BCUT2D eigenvalue weighted by atomic mass is 9.90. The molecule has 0 aliphatic carbocycles. The van der Waals surface area contributed by atoms with Crippen molar-refractivity contribution in [3.63, 3.8) is 0 Å². The van der Waals surface area contributed by atoms with E-state index in [1.807, 2.05) is 31.2 Å². The number of piperidine rings is 1. The number of carbonyl (C=O) groups is 1. The van der Waals surface area contributed by atoms with Gasteiger partial charge in [0.15, 0.2) is 0 Å². The lowest BCUT2D eigenvalue weighted by Gasteiger charge is -2.30. The Kier molecular flexibility index (Phi) is 7.71. The summed E-state index contributed by atoms with van der Waals surface area (Å²) >= 11 is 0. The number of hydrogen-bond donors (Lipinski definition) is 2. The Labute approximate surface area is 163 Å². The summed E-state index contributed by atoms with van der Waals surface area (Å²) < 4.78 is 0. The van der Waals surface area contributed by atoms with E-state index in [4.69, 9.17) is 5.73 Å². The Hall–Kier alpha value is -2.49. The SMILES string of the molecule is C=C(/C=C\C(=C(/C)N)N1CCCCC1)CC(C)c1ccccc1C(=O)NC. The van der Waals surface area contributed by atoms with Crippen molar-refractivity contribution < 1.29 is 4.79 Å². The Morgan fingerprint density at radius 2 is 1.93 bits per heavy atom. The van der Waals surface area contributed by atoms with Gasteiger partial charge in [0.25, 0.3) is 5.91 Å². The standard InChI is InChI=1S/C23H33N3O/c1-17(12-13-22(19(3)24)26-14-8-5-9-15-26)16-18(2)20-10-6-7-11-21(20)23(27)25-4/h6-7,10-13,18H,1,5,8-9,14-16,24H2,2-4H3,(H,25,27)/b13-12-,22-19-. The summed E-state index contributed by atoms with van der Waals surface area (Å²) in [7, 11) is 1.66. The molecule has 3 N–H and O–H groups in total. The molecule has 146 valence electrons. The van der Waals surface area contributed by atoms with Gasteiger partial charge in [0.1, 0.15) is 0 Å². The fourth-order valence-electron chi connectivity index (χ4n) is 3.66. The molecule has 1 aromatic rings. The maximum absolute atomic E-state index is 12.1. The number of likely N-dealkylation sites (tertiary alicyclic amines) is 1. The van der Waals surface area contributed by atoms with Gasteiger partial charge in [-0.1, -0.05) is 43.4 Å². The molecule has 4 nitrogen and oxygen atoms in total. The molecule has 0 saturated carbocycles. The topological polar surface area (TPSA) is 58.4 Å². The van der Waals surface area contributed by atoms with Gasteiger partial charge in [0.2, 0.25) is 0 Å². The Balaban J connectivity index is 2.07. The van der Waals surface area contributed by atoms with Crippen LogP contribution in [-0.4, -0.2) is 30.9 Å². The van der Waals surface area contributed by atoms with E-state index in [0.29, 0.717) is 0 Å². The first-order chi connectivity index (χ1) is 12.9. The second-order valence-electron chi connectivity index (χ2n) is 7.38. The van der Waals surface area contributed by atoms with E-state index in [1.54, 1.807) is 7.05 Å². The number of allylic oxidation sites excluding steroid dienone is 4. The summed E-state index contributed by atoms with van der Waals surface area (Å²) in [5.74, 6) is 0.157. The smallest absolute Gasteiger partial charge is 0.251 e. The highest BCUT2D eigenvalue weighted by Gasteiger charge is 2.16. The van der Waals surface area contributed by atoms with Crippen LogP contribution in [0.2, 0.25) is 0 Å². The van der Waals surface area contributed by atoms with Gasteiger partial charge < -0.3 is 16.0 Å². The third-order valence-electron chi connectivity index (χ3n) is 5.11. The van der Waals surface area contributed by atoms with E-state index in [1.165, 1.54) is 19.3 Å². The first kappa shape index (κ1) is 20.8. The number of benzene rings is 1. The van der Waals surface area contributed by atoms with Crippen LogP contribution in [0.15, 0.2) is 60.0 Å². The van der Waals surface area contributed by atoms with Crippen LogP contribution in [0.25, 0.3) is 0 Å². The third-order valence-corrected chi connectivity index (χ3v) is 5.11. The number of carbonyl (C=O) groups excluding carboxylic acids is 1. The largest absolute Gasteiger partial charge is 0.401 e. The molecule has 1 unspecified atom stereocenters. The van der Waals surface area contributed by atoms with E-state index < -0.39 is 0 Å². The number of amides is 1. The summed E-state index contributed by atoms with van der Waals surface area (Å²) in [6.45, 7) is 10.4. The first-order valence-electron chi connectivity index (χ1n) is 9.82. The average Bonchev–Trinajstić information content (AvgIpc) is 2.68. The lowest BCUT2D eigenvalue weighted by Crippen LogP contribution is -2.30. The minimum absolute atomic E-state index is 0.0484. The predicted octanol–water partition coefficient (Wildman–Crippen LogP) is 4.33. The van der Waals surface area contributed by atoms with Crippen molar-refractivity contribution in [3.8, 4) is 0 Å². The molecule has 0 aromatic heterocycles. The molecule has 0 spiro atoms. The molecule has 0 radical (unpaired) electrons. The van der Waals surface area contributed by atoms with Crippen molar-refractivity contribution in [2.24, 2.45) is 5.73 Å². The molecule has 1 fully saturated rings. The van der Waals surface area contributed by atoms with E-state index in [-0.39, 0.29) is 11.8 Å². The fourth-order valence-corrected chi connectivity index (χ4v) is 3.66. The highest BCUT2D eigenvalue weighted by Crippen LogP contribution is 2.27. The molecule has 1 atom stereocenters. The molecule has 2 rings (SSSR count). The molecule has 1 aliphatic rings. The summed E-state index contributed by atoms with van der Waals surface area (Å²) in [6, 6.07) is 7.77. The number of hydrogen-bond acceptors (Lipinski definition) is 3. The van der Waals surface area contributed by atoms with Gasteiger partial charge in [-0.2, -0.15) is 0 Å².